The molecule has 3 aromatic rings. The summed E-state index contributed by atoms with van der Waals surface area (Å²) in [5, 5.41) is 3.08. The molecule has 1 N–H and O–H groups in total. The molecule has 1 fully saturated rings. The molecule has 5 nitrogen and oxygen atoms in total. The Bertz CT molecular complexity index is 959. The largest absolute Gasteiger partial charge is 0.356 e. The third-order valence-corrected chi connectivity index (χ3v) is 5.87. The van der Waals surface area contributed by atoms with Crippen molar-refractivity contribution in [3.63, 3.8) is 0 Å². The van der Waals surface area contributed by atoms with Crippen LogP contribution in [-0.4, -0.2) is 40.4 Å². The topological polar surface area (TPSA) is 58.1 Å². The Morgan fingerprint density at radius 3 is 2.50 bits per heavy atom. The van der Waals surface area contributed by atoms with Crippen molar-refractivity contribution in [2.75, 3.05) is 19.6 Å². The van der Waals surface area contributed by atoms with Crippen molar-refractivity contribution in [2.45, 2.75) is 26.3 Å². The van der Waals surface area contributed by atoms with Gasteiger partial charge >= 0.3 is 0 Å². The van der Waals surface area contributed by atoms with Gasteiger partial charge in [-0.2, -0.15) is 0 Å². The first-order valence-electron chi connectivity index (χ1n) is 10.6. The van der Waals surface area contributed by atoms with Crippen LogP contribution in [0.15, 0.2) is 73.2 Å². The lowest BCUT2D eigenvalue weighted by atomic mass is 9.79. The van der Waals surface area contributed by atoms with Crippen LogP contribution in [0.4, 0.5) is 0 Å². The lowest BCUT2D eigenvalue weighted by Gasteiger charge is -2.28. The number of aromatic nitrogens is 2. The molecule has 0 radical (unpaired) electrons. The molecule has 0 saturated carbocycles. The fraction of sp³-hybridized carbons (Fsp3) is 0.320. The van der Waals surface area contributed by atoms with Crippen LogP contribution in [0.25, 0.3) is 11.1 Å². The van der Waals surface area contributed by atoms with Crippen molar-refractivity contribution in [1.29, 1.82) is 0 Å². The van der Waals surface area contributed by atoms with Crippen molar-refractivity contribution < 1.29 is 4.79 Å². The summed E-state index contributed by atoms with van der Waals surface area (Å²) in [6.07, 6.45) is 7.04. The predicted octanol–water partition coefficient (Wildman–Crippen LogP) is 3.71. The van der Waals surface area contributed by atoms with E-state index < -0.39 is 5.41 Å². The van der Waals surface area contributed by atoms with Crippen molar-refractivity contribution in [3.8, 4) is 11.1 Å². The summed E-state index contributed by atoms with van der Waals surface area (Å²) < 4.78 is 0. The molecule has 30 heavy (non-hydrogen) atoms. The fourth-order valence-electron chi connectivity index (χ4n) is 4.32. The second-order valence-electron chi connectivity index (χ2n) is 8.03. The summed E-state index contributed by atoms with van der Waals surface area (Å²) in [5.74, 6) is 0.159. The molecule has 0 spiro atoms. The van der Waals surface area contributed by atoms with E-state index in [1.165, 1.54) is 5.56 Å². The maximum absolute atomic E-state index is 13.1. The summed E-state index contributed by atoms with van der Waals surface area (Å²) in [6, 6.07) is 18.6. The molecule has 0 aliphatic carbocycles. The number of benzene rings is 1. The van der Waals surface area contributed by atoms with Gasteiger partial charge < -0.3 is 5.32 Å². The smallest absolute Gasteiger partial charge is 0.227 e. The molecule has 0 bridgehead atoms. The first-order chi connectivity index (χ1) is 14.7. The van der Waals surface area contributed by atoms with E-state index in [0.717, 1.165) is 49.3 Å². The van der Waals surface area contributed by atoms with E-state index in [1.807, 2.05) is 55.8 Å². The Morgan fingerprint density at radius 2 is 1.80 bits per heavy atom. The molecule has 2 aromatic heterocycles. The number of nitrogens with one attached hydrogen (secondary N) is 1. The first-order valence-corrected chi connectivity index (χ1v) is 10.6. The molecule has 1 amide bonds. The molecule has 1 unspecified atom stereocenters. The molecule has 1 atom stereocenters. The average Bonchev–Trinajstić information content (AvgIpc) is 3.19. The standard InChI is InChI=1S/C25H28N4O/c1-2-27-24(30)25(12-16-29(19-25)18-23-5-3-4-13-28-23)17-20-6-8-21(9-7-20)22-10-14-26-15-11-22/h3-11,13-15H,2,12,16-19H2,1H3,(H,27,30). The fourth-order valence-corrected chi connectivity index (χ4v) is 4.32. The van der Waals surface area contributed by atoms with Gasteiger partial charge in [0.15, 0.2) is 0 Å². The van der Waals surface area contributed by atoms with Gasteiger partial charge in [0, 0.05) is 38.2 Å². The van der Waals surface area contributed by atoms with Crippen LogP contribution in [0.1, 0.15) is 24.6 Å². The molecule has 1 aromatic carbocycles. The zero-order valence-electron chi connectivity index (χ0n) is 17.4. The Balaban J connectivity index is 1.51. The minimum Gasteiger partial charge on any atom is -0.356 e. The third-order valence-electron chi connectivity index (χ3n) is 5.87. The molecular formula is C25H28N4O. The number of pyridine rings is 2. The quantitative estimate of drug-likeness (QED) is 0.657. The lowest BCUT2D eigenvalue weighted by Crippen LogP contribution is -2.44. The molecular weight excluding hydrogens is 372 g/mol. The molecule has 5 heteroatoms. The molecule has 154 valence electrons. The monoisotopic (exact) mass is 400 g/mol. The van der Waals surface area contributed by atoms with Crippen molar-refractivity contribution in [1.82, 2.24) is 20.2 Å². The Kier molecular flexibility index (Phi) is 6.19. The number of likely N-dealkylation sites (tertiary alicyclic amines) is 1. The summed E-state index contributed by atoms with van der Waals surface area (Å²) in [5.41, 5.74) is 4.15. The van der Waals surface area contributed by atoms with Crippen molar-refractivity contribution in [2.24, 2.45) is 5.41 Å². The zero-order valence-corrected chi connectivity index (χ0v) is 17.4. The second kappa shape index (κ2) is 9.18. The minimum absolute atomic E-state index is 0.159. The lowest BCUT2D eigenvalue weighted by molar-refractivity contribution is -0.130. The van der Waals surface area contributed by atoms with E-state index >= 15 is 0 Å². The maximum atomic E-state index is 13.1. The van der Waals surface area contributed by atoms with Gasteiger partial charge in [-0.3, -0.25) is 19.7 Å². The van der Waals surface area contributed by atoms with Crippen LogP contribution in [0.5, 0.6) is 0 Å². The van der Waals surface area contributed by atoms with E-state index in [9.17, 15) is 4.79 Å². The van der Waals surface area contributed by atoms with Crippen LogP contribution in [-0.2, 0) is 17.8 Å². The number of hydrogen-bond acceptors (Lipinski definition) is 4. The number of nitrogens with zero attached hydrogens (tertiary/aromatic N) is 3. The first kappa shape index (κ1) is 20.2. The highest BCUT2D eigenvalue weighted by atomic mass is 16.2. The highest BCUT2D eigenvalue weighted by molar-refractivity contribution is 5.83. The number of hydrogen-bond donors (Lipinski definition) is 1. The SMILES string of the molecule is CCNC(=O)C1(Cc2ccc(-c3ccncc3)cc2)CCN(Cc2ccccn2)C1. The Morgan fingerprint density at radius 1 is 1.03 bits per heavy atom. The Hall–Kier alpha value is -3.05. The van der Waals surface area contributed by atoms with Gasteiger partial charge in [0.2, 0.25) is 5.91 Å². The van der Waals surface area contributed by atoms with E-state index in [4.69, 9.17) is 0 Å². The minimum atomic E-state index is -0.400. The van der Waals surface area contributed by atoms with Crippen LogP contribution in [0, 0.1) is 5.41 Å². The molecule has 4 rings (SSSR count). The summed E-state index contributed by atoms with van der Waals surface area (Å²) >= 11 is 0. The highest BCUT2D eigenvalue weighted by Crippen LogP contribution is 2.36. The summed E-state index contributed by atoms with van der Waals surface area (Å²) in [6.45, 7) is 5.07. The normalized spacial score (nSPS) is 19.0. The van der Waals surface area contributed by atoms with E-state index in [0.29, 0.717) is 6.54 Å². The van der Waals surface area contributed by atoms with Gasteiger partial charge in [0.05, 0.1) is 11.1 Å². The zero-order chi connectivity index (χ0) is 20.8. The van der Waals surface area contributed by atoms with Gasteiger partial charge in [-0.05, 0) is 67.3 Å². The number of carbonyl (C=O) groups is 1. The molecule has 3 heterocycles. The summed E-state index contributed by atoms with van der Waals surface area (Å²) in [7, 11) is 0. The average molecular weight is 401 g/mol. The third kappa shape index (κ3) is 4.57. The van der Waals surface area contributed by atoms with Gasteiger partial charge in [0.1, 0.15) is 0 Å². The number of carbonyl (C=O) groups excluding carboxylic acids is 1. The number of amides is 1. The van der Waals surface area contributed by atoms with E-state index in [1.54, 1.807) is 0 Å². The van der Waals surface area contributed by atoms with Gasteiger partial charge in [-0.15, -0.1) is 0 Å². The van der Waals surface area contributed by atoms with Crippen LogP contribution in [0.2, 0.25) is 0 Å². The predicted molar refractivity (Wildman–Crippen MR) is 119 cm³/mol. The van der Waals surface area contributed by atoms with Crippen molar-refractivity contribution in [3.05, 3.63) is 84.4 Å². The second-order valence-corrected chi connectivity index (χ2v) is 8.03. The van der Waals surface area contributed by atoms with Gasteiger partial charge in [-0.1, -0.05) is 30.3 Å². The van der Waals surface area contributed by atoms with E-state index in [-0.39, 0.29) is 5.91 Å². The van der Waals surface area contributed by atoms with Gasteiger partial charge in [-0.25, -0.2) is 0 Å². The summed E-state index contributed by atoms with van der Waals surface area (Å²) in [4.78, 5) is 24.0. The Labute approximate surface area is 178 Å². The van der Waals surface area contributed by atoms with E-state index in [2.05, 4.69) is 44.5 Å². The van der Waals surface area contributed by atoms with Crippen LogP contribution in [0.3, 0.4) is 0 Å². The van der Waals surface area contributed by atoms with Crippen LogP contribution >= 0.6 is 0 Å². The van der Waals surface area contributed by atoms with Crippen molar-refractivity contribution >= 4 is 5.91 Å². The maximum Gasteiger partial charge on any atom is 0.227 e. The molecule has 1 aliphatic rings. The number of rotatable bonds is 7. The van der Waals surface area contributed by atoms with Gasteiger partial charge in [0.25, 0.3) is 0 Å². The van der Waals surface area contributed by atoms with Crippen LogP contribution < -0.4 is 5.32 Å². The molecule has 1 saturated heterocycles. The molecule has 1 aliphatic heterocycles. The highest BCUT2D eigenvalue weighted by Gasteiger charge is 2.44.